The SMILES string of the molecule is CCC(COCC1CCCO1)NC. The number of rotatable bonds is 6. The third-order valence-electron chi connectivity index (χ3n) is 2.55. The van der Waals surface area contributed by atoms with E-state index in [-0.39, 0.29) is 0 Å². The zero-order valence-corrected chi connectivity index (χ0v) is 8.71. The second-order valence-corrected chi connectivity index (χ2v) is 3.57. The summed E-state index contributed by atoms with van der Waals surface area (Å²) in [7, 11) is 1.98. The first-order chi connectivity index (χ1) is 6.36. The molecule has 0 aromatic heterocycles. The summed E-state index contributed by atoms with van der Waals surface area (Å²) in [5, 5.41) is 3.21. The van der Waals surface area contributed by atoms with Crippen LogP contribution in [0.1, 0.15) is 26.2 Å². The number of hydrogen-bond acceptors (Lipinski definition) is 3. The number of likely N-dealkylation sites (N-methyl/N-ethyl adjacent to an activating group) is 1. The lowest BCUT2D eigenvalue weighted by Gasteiger charge is -2.15. The monoisotopic (exact) mass is 187 g/mol. The van der Waals surface area contributed by atoms with Gasteiger partial charge in [0.25, 0.3) is 0 Å². The maximum atomic E-state index is 5.57. The minimum absolute atomic E-state index is 0.356. The first-order valence-corrected chi connectivity index (χ1v) is 5.23. The molecule has 78 valence electrons. The molecule has 1 saturated heterocycles. The highest BCUT2D eigenvalue weighted by Crippen LogP contribution is 2.11. The van der Waals surface area contributed by atoms with Gasteiger partial charge in [0.2, 0.25) is 0 Å². The minimum Gasteiger partial charge on any atom is -0.377 e. The summed E-state index contributed by atoms with van der Waals surface area (Å²) in [5.41, 5.74) is 0. The van der Waals surface area contributed by atoms with Crippen molar-refractivity contribution in [3.05, 3.63) is 0 Å². The van der Waals surface area contributed by atoms with Crippen LogP contribution in [0.2, 0.25) is 0 Å². The number of ether oxygens (including phenoxy) is 2. The average molecular weight is 187 g/mol. The highest BCUT2D eigenvalue weighted by atomic mass is 16.5. The summed E-state index contributed by atoms with van der Waals surface area (Å²) in [5.74, 6) is 0. The molecule has 1 aliphatic heterocycles. The summed E-state index contributed by atoms with van der Waals surface area (Å²) in [6.45, 7) is 4.64. The molecular weight excluding hydrogens is 166 g/mol. The molecule has 2 unspecified atom stereocenters. The molecule has 3 heteroatoms. The van der Waals surface area contributed by atoms with Crippen LogP contribution in [0.25, 0.3) is 0 Å². The Hall–Kier alpha value is -0.120. The van der Waals surface area contributed by atoms with E-state index in [4.69, 9.17) is 9.47 Å². The highest BCUT2D eigenvalue weighted by molar-refractivity contribution is 4.65. The van der Waals surface area contributed by atoms with Gasteiger partial charge in [0.05, 0.1) is 19.3 Å². The van der Waals surface area contributed by atoms with E-state index in [0.29, 0.717) is 12.1 Å². The minimum atomic E-state index is 0.356. The van der Waals surface area contributed by atoms with Crippen LogP contribution >= 0.6 is 0 Å². The van der Waals surface area contributed by atoms with Crippen molar-refractivity contribution in [2.45, 2.75) is 38.3 Å². The van der Waals surface area contributed by atoms with Gasteiger partial charge in [-0.1, -0.05) is 6.92 Å². The number of hydrogen-bond donors (Lipinski definition) is 1. The lowest BCUT2D eigenvalue weighted by atomic mass is 10.2. The molecule has 1 rings (SSSR count). The van der Waals surface area contributed by atoms with E-state index in [0.717, 1.165) is 32.7 Å². The van der Waals surface area contributed by atoms with Gasteiger partial charge < -0.3 is 14.8 Å². The summed E-state index contributed by atoms with van der Waals surface area (Å²) in [6.07, 6.45) is 3.82. The molecular formula is C10H21NO2. The Bertz CT molecular complexity index is 118. The quantitative estimate of drug-likeness (QED) is 0.677. The van der Waals surface area contributed by atoms with E-state index in [2.05, 4.69) is 12.2 Å². The molecule has 1 heterocycles. The molecule has 1 fully saturated rings. The fourth-order valence-corrected chi connectivity index (χ4v) is 1.52. The molecule has 0 spiro atoms. The Morgan fingerprint density at radius 2 is 2.46 bits per heavy atom. The molecule has 0 aromatic carbocycles. The molecule has 0 saturated carbocycles. The molecule has 0 bridgehead atoms. The normalized spacial score (nSPS) is 24.9. The topological polar surface area (TPSA) is 30.5 Å². The average Bonchev–Trinajstić information content (AvgIpc) is 2.65. The van der Waals surface area contributed by atoms with Crippen molar-refractivity contribution in [3.8, 4) is 0 Å². The van der Waals surface area contributed by atoms with Gasteiger partial charge in [-0.3, -0.25) is 0 Å². The molecule has 13 heavy (non-hydrogen) atoms. The van der Waals surface area contributed by atoms with Gasteiger partial charge in [0.15, 0.2) is 0 Å². The maximum Gasteiger partial charge on any atom is 0.0809 e. The highest BCUT2D eigenvalue weighted by Gasteiger charge is 2.15. The van der Waals surface area contributed by atoms with E-state index < -0.39 is 0 Å². The van der Waals surface area contributed by atoms with Crippen LogP contribution in [0.15, 0.2) is 0 Å². The van der Waals surface area contributed by atoms with Crippen LogP contribution in [0.3, 0.4) is 0 Å². The molecule has 2 atom stereocenters. The maximum absolute atomic E-state index is 5.57. The van der Waals surface area contributed by atoms with Crippen LogP contribution < -0.4 is 5.32 Å². The molecule has 3 nitrogen and oxygen atoms in total. The van der Waals surface area contributed by atoms with Gasteiger partial charge in [-0.2, -0.15) is 0 Å². The molecule has 0 radical (unpaired) electrons. The van der Waals surface area contributed by atoms with E-state index in [1.54, 1.807) is 0 Å². The van der Waals surface area contributed by atoms with E-state index in [1.807, 2.05) is 7.05 Å². The van der Waals surface area contributed by atoms with Crippen molar-refractivity contribution >= 4 is 0 Å². The van der Waals surface area contributed by atoms with E-state index in [9.17, 15) is 0 Å². The zero-order valence-electron chi connectivity index (χ0n) is 8.71. The molecule has 0 aliphatic carbocycles. The predicted molar refractivity (Wildman–Crippen MR) is 52.9 cm³/mol. The smallest absolute Gasteiger partial charge is 0.0809 e. The Balaban J connectivity index is 1.98. The summed E-state index contributed by atoms with van der Waals surface area (Å²) >= 11 is 0. The fourth-order valence-electron chi connectivity index (χ4n) is 1.52. The van der Waals surface area contributed by atoms with Gasteiger partial charge >= 0.3 is 0 Å². The van der Waals surface area contributed by atoms with Crippen molar-refractivity contribution in [1.82, 2.24) is 5.32 Å². The second-order valence-electron chi connectivity index (χ2n) is 3.57. The molecule has 1 N–H and O–H groups in total. The standard InChI is InChI=1S/C10H21NO2/c1-3-9(11-2)7-12-8-10-5-4-6-13-10/h9-11H,3-8H2,1-2H3. The van der Waals surface area contributed by atoms with E-state index >= 15 is 0 Å². The summed E-state index contributed by atoms with van der Waals surface area (Å²) < 4.78 is 11.0. The number of nitrogens with one attached hydrogen (secondary N) is 1. The van der Waals surface area contributed by atoms with Gasteiger partial charge in [0.1, 0.15) is 0 Å². The van der Waals surface area contributed by atoms with Gasteiger partial charge in [0, 0.05) is 12.6 Å². The Labute approximate surface area is 80.8 Å². The third kappa shape index (κ3) is 4.07. The largest absolute Gasteiger partial charge is 0.377 e. The van der Waals surface area contributed by atoms with Crippen LogP contribution in [0, 0.1) is 0 Å². The first-order valence-electron chi connectivity index (χ1n) is 5.23. The summed E-state index contributed by atoms with van der Waals surface area (Å²) in [4.78, 5) is 0. The van der Waals surface area contributed by atoms with Crippen molar-refractivity contribution < 1.29 is 9.47 Å². The van der Waals surface area contributed by atoms with Crippen LogP contribution in [0.4, 0.5) is 0 Å². The molecule has 0 aromatic rings. The second kappa shape index (κ2) is 6.35. The zero-order chi connectivity index (χ0) is 9.52. The first kappa shape index (κ1) is 11.0. The lowest BCUT2D eigenvalue weighted by Crippen LogP contribution is -2.30. The summed E-state index contributed by atoms with van der Waals surface area (Å²) in [6, 6.07) is 0.487. The van der Waals surface area contributed by atoms with Crippen LogP contribution in [0.5, 0.6) is 0 Å². The van der Waals surface area contributed by atoms with Crippen LogP contribution in [-0.4, -0.2) is 39.0 Å². The molecule has 1 aliphatic rings. The van der Waals surface area contributed by atoms with Crippen molar-refractivity contribution in [2.24, 2.45) is 0 Å². The van der Waals surface area contributed by atoms with Gasteiger partial charge in [-0.05, 0) is 26.3 Å². The van der Waals surface area contributed by atoms with Crippen molar-refractivity contribution in [2.75, 3.05) is 26.9 Å². The van der Waals surface area contributed by atoms with Crippen LogP contribution in [-0.2, 0) is 9.47 Å². The van der Waals surface area contributed by atoms with Gasteiger partial charge in [-0.25, -0.2) is 0 Å². The molecule has 0 amide bonds. The predicted octanol–water partition coefficient (Wildman–Crippen LogP) is 1.18. The van der Waals surface area contributed by atoms with Crippen molar-refractivity contribution in [1.29, 1.82) is 0 Å². The fraction of sp³-hybridized carbons (Fsp3) is 1.00. The Morgan fingerprint density at radius 3 is 3.00 bits per heavy atom. The Kier molecular flexibility index (Phi) is 5.35. The lowest BCUT2D eigenvalue weighted by molar-refractivity contribution is 0.0105. The Morgan fingerprint density at radius 1 is 1.62 bits per heavy atom. The van der Waals surface area contributed by atoms with Crippen molar-refractivity contribution in [3.63, 3.8) is 0 Å². The van der Waals surface area contributed by atoms with Gasteiger partial charge in [-0.15, -0.1) is 0 Å². The third-order valence-corrected chi connectivity index (χ3v) is 2.55. The van der Waals surface area contributed by atoms with E-state index in [1.165, 1.54) is 6.42 Å².